The van der Waals surface area contributed by atoms with Crippen LogP contribution in [0.1, 0.15) is 34.2 Å². The Kier molecular flexibility index (Phi) is 3.75. The zero-order valence-corrected chi connectivity index (χ0v) is 12.0. The topological polar surface area (TPSA) is 98.3 Å². The van der Waals surface area contributed by atoms with Gasteiger partial charge in [0.25, 0.3) is 5.69 Å². The standard InChI is InChI=1S/C14H15N3O4/c1-4-11-8(2)15-16(9(11)3)10-5-6-12(14(18)19)13(7-10)17(20)21/h5-7H,4H2,1-3H3,(H,18,19). The van der Waals surface area contributed by atoms with Gasteiger partial charge in [-0.25, -0.2) is 9.48 Å². The molecule has 0 spiro atoms. The van der Waals surface area contributed by atoms with Crippen LogP contribution in [0, 0.1) is 24.0 Å². The number of hydrogen-bond donors (Lipinski definition) is 1. The van der Waals surface area contributed by atoms with E-state index in [1.807, 2.05) is 20.8 Å². The summed E-state index contributed by atoms with van der Waals surface area (Å²) in [4.78, 5) is 21.4. The summed E-state index contributed by atoms with van der Waals surface area (Å²) in [5.74, 6) is -1.32. The van der Waals surface area contributed by atoms with Gasteiger partial charge in [0.1, 0.15) is 5.56 Å². The number of aromatic nitrogens is 2. The molecule has 1 heterocycles. The highest BCUT2D eigenvalue weighted by Crippen LogP contribution is 2.25. The van der Waals surface area contributed by atoms with Gasteiger partial charge >= 0.3 is 5.97 Å². The molecule has 0 aliphatic carbocycles. The third-order valence-electron chi connectivity index (χ3n) is 3.45. The van der Waals surface area contributed by atoms with E-state index < -0.39 is 16.6 Å². The van der Waals surface area contributed by atoms with Gasteiger partial charge in [0, 0.05) is 11.8 Å². The van der Waals surface area contributed by atoms with Crippen molar-refractivity contribution in [2.24, 2.45) is 0 Å². The van der Waals surface area contributed by atoms with E-state index in [-0.39, 0.29) is 5.56 Å². The lowest BCUT2D eigenvalue weighted by molar-refractivity contribution is -0.385. The molecule has 2 rings (SSSR count). The molecule has 0 fully saturated rings. The van der Waals surface area contributed by atoms with E-state index in [4.69, 9.17) is 5.11 Å². The lowest BCUT2D eigenvalue weighted by Gasteiger charge is -2.06. The summed E-state index contributed by atoms with van der Waals surface area (Å²) < 4.78 is 1.60. The predicted molar refractivity (Wildman–Crippen MR) is 76.0 cm³/mol. The van der Waals surface area contributed by atoms with Crippen LogP contribution in [0.25, 0.3) is 5.69 Å². The second-order valence-electron chi connectivity index (χ2n) is 4.68. The Balaban J connectivity index is 2.63. The van der Waals surface area contributed by atoms with E-state index in [1.165, 1.54) is 18.2 Å². The molecule has 1 aromatic heterocycles. The fraction of sp³-hybridized carbons (Fsp3) is 0.286. The van der Waals surface area contributed by atoms with Crippen LogP contribution in [0.4, 0.5) is 5.69 Å². The van der Waals surface area contributed by atoms with Gasteiger partial charge in [-0.1, -0.05) is 6.92 Å². The average molecular weight is 289 g/mol. The SMILES string of the molecule is CCc1c(C)nn(-c2ccc(C(=O)O)c([N+](=O)[O-])c2)c1C. The lowest BCUT2D eigenvalue weighted by Crippen LogP contribution is -2.06. The molecule has 7 nitrogen and oxygen atoms in total. The highest BCUT2D eigenvalue weighted by atomic mass is 16.6. The molecule has 0 saturated carbocycles. The molecule has 0 amide bonds. The molecule has 0 unspecified atom stereocenters. The fourth-order valence-corrected chi connectivity index (χ4v) is 2.42. The predicted octanol–water partition coefficient (Wildman–Crippen LogP) is 2.66. The van der Waals surface area contributed by atoms with Crippen LogP contribution in [0.3, 0.4) is 0 Å². The van der Waals surface area contributed by atoms with Gasteiger partial charge < -0.3 is 5.11 Å². The molecule has 1 aromatic carbocycles. The minimum absolute atomic E-state index is 0.332. The first kappa shape index (κ1) is 14.7. The van der Waals surface area contributed by atoms with Crippen LogP contribution >= 0.6 is 0 Å². The second kappa shape index (κ2) is 5.35. The number of benzene rings is 1. The van der Waals surface area contributed by atoms with E-state index in [9.17, 15) is 14.9 Å². The maximum Gasteiger partial charge on any atom is 0.342 e. The molecule has 0 aliphatic heterocycles. The van der Waals surface area contributed by atoms with Gasteiger partial charge in [-0.15, -0.1) is 0 Å². The quantitative estimate of drug-likeness (QED) is 0.689. The lowest BCUT2D eigenvalue weighted by atomic mass is 10.1. The second-order valence-corrected chi connectivity index (χ2v) is 4.68. The minimum atomic E-state index is -1.32. The fourth-order valence-electron chi connectivity index (χ4n) is 2.42. The van der Waals surface area contributed by atoms with E-state index in [0.717, 1.165) is 23.4 Å². The summed E-state index contributed by atoms with van der Waals surface area (Å²) in [7, 11) is 0. The smallest absolute Gasteiger partial charge is 0.342 e. The van der Waals surface area contributed by atoms with Crippen molar-refractivity contribution in [2.45, 2.75) is 27.2 Å². The van der Waals surface area contributed by atoms with E-state index in [1.54, 1.807) is 4.68 Å². The molecule has 0 radical (unpaired) electrons. The molecule has 1 N–H and O–H groups in total. The third-order valence-corrected chi connectivity index (χ3v) is 3.45. The van der Waals surface area contributed by atoms with Gasteiger partial charge in [0.2, 0.25) is 0 Å². The van der Waals surface area contributed by atoms with Crippen molar-refractivity contribution in [3.05, 3.63) is 50.8 Å². The Morgan fingerprint density at radius 1 is 1.43 bits per heavy atom. The number of hydrogen-bond acceptors (Lipinski definition) is 4. The van der Waals surface area contributed by atoms with Crippen molar-refractivity contribution in [3.63, 3.8) is 0 Å². The van der Waals surface area contributed by atoms with Crippen molar-refractivity contribution in [1.29, 1.82) is 0 Å². The monoisotopic (exact) mass is 289 g/mol. The molecule has 21 heavy (non-hydrogen) atoms. The molecule has 110 valence electrons. The Labute approximate surface area is 121 Å². The Morgan fingerprint density at radius 3 is 2.57 bits per heavy atom. The van der Waals surface area contributed by atoms with Crippen molar-refractivity contribution < 1.29 is 14.8 Å². The zero-order chi connectivity index (χ0) is 15.7. The first-order valence-electron chi connectivity index (χ1n) is 6.44. The highest BCUT2D eigenvalue weighted by molar-refractivity contribution is 5.92. The number of aromatic carboxylic acids is 1. The first-order valence-corrected chi connectivity index (χ1v) is 6.44. The molecule has 7 heteroatoms. The Bertz CT molecular complexity index is 734. The molecular formula is C14H15N3O4. The molecule has 0 bridgehead atoms. The van der Waals surface area contributed by atoms with Crippen LogP contribution < -0.4 is 0 Å². The largest absolute Gasteiger partial charge is 0.477 e. The Morgan fingerprint density at radius 2 is 2.10 bits per heavy atom. The van der Waals surface area contributed by atoms with Crippen molar-refractivity contribution in [3.8, 4) is 5.69 Å². The number of nitro benzene ring substituents is 1. The van der Waals surface area contributed by atoms with Crippen LogP contribution in [0.5, 0.6) is 0 Å². The molecule has 0 saturated heterocycles. The van der Waals surface area contributed by atoms with Crippen LogP contribution in [0.15, 0.2) is 18.2 Å². The van der Waals surface area contributed by atoms with Gasteiger partial charge in [0.05, 0.1) is 16.3 Å². The third kappa shape index (κ3) is 2.49. The molecule has 2 aromatic rings. The summed E-state index contributed by atoms with van der Waals surface area (Å²) in [5.41, 5.74) is 2.55. The number of nitro groups is 1. The maximum atomic E-state index is 11.0. The summed E-state index contributed by atoms with van der Waals surface area (Å²) in [6, 6.07) is 4.00. The van der Waals surface area contributed by atoms with Gasteiger partial charge in [-0.2, -0.15) is 5.10 Å². The van der Waals surface area contributed by atoms with Gasteiger partial charge in [-0.3, -0.25) is 10.1 Å². The zero-order valence-electron chi connectivity index (χ0n) is 12.0. The summed E-state index contributed by atoms with van der Waals surface area (Å²) in [6.45, 7) is 5.77. The first-order chi connectivity index (χ1) is 9.86. The van der Waals surface area contributed by atoms with Crippen LogP contribution in [-0.4, -0.2) is 25.8 Å². The number of carboxylic acids is 1. The number of aryl methyl sites for hydroxylation is 1. The van der Waals surface area contributed by atoms with Gasteiger partial charge in [0.15, 0.2) is 0 Å². The highest BCUT2D eigenvalue weighted by Gasteiger charge is 2.21. The van der Waals surface area contributed by atoms with Crippen molar-refractivity contribution in [2.75, 3.05) is 0 Å². The normalized spacial score (nSPS) is 10.6. The summed E-state index contributed by atoms with van der Waals surface area (Å²) in [6.07, 6.45) is 0.812. The molecule has 0 aliphatic rings. The van der Waals surface area contributed by atoms with Crippen molar-refractivity contribution >= 4 is 11.7 Å². The maximum absolute atomic E-state index is 11.0. The average Bonchev–Trinajstić information content (AvgIpc) is 2.72. The molecule has 0 atom stereocenters. The minimum Gasteiger partial charge on any atom is -0.477 e. The Hall–Kier alpha value is -2.70. The van der Waals surface area contributed by atoms with Crippen LogP contribution in [-0.2, 0) is 6.42 Å². The van der Waals surface area contributed by atoms with E-state index in [0.29, 0.717) is 5.69 Å². The van der Waals surface area contributed by atoms with Crippen LogP contribution in [0.2, 0.25) is 0 Å². The number of nitrogens with zero attached hydrogens (tertiary/aromatic N) is 3. The summed E-state index contributed by atoms with van der Waals surface area (Å²) >= 11 is 0. The van der Waals surface area contributed by atoms with E-state index >= 15 is 0 Å². The van der Waals surface area contributed by atoms with Gasteiger partial charge in [-0.05, 0) is 38.0 Å². The van der Waals surface area contributed by atoms with Crippen molar-refractivity contribution in [1.82, 2.24) is 9.78 Å². The van der Waals surface area contributed by atoms with E-state index in [2.05, 4.69) is 5.10 Å². The summed E-state index contributed by atoms with van der Waals surface area (Å²) in [5, 5.41) is 24.4. The number of carbonyl (C=O) groups is 1. The number of carboxylic acid groups (broad SMARTS) is 1. The molecular weight excluding hydrogens is 274 g/mol. The number of rotatable bonds is 4.